The molecule has 15 aromatic heterocycles. The smallest absolute Gasteiger partial charge is 0.299 e. The third-order valence-corrected chi connectivity index (χ3v) is 27.0. The fourth-order valence-electron chi connectivity index (χ4n) is 17.5. The van der Waals surface area contributed by atoms with Gasteiger partial charge in [0.25, 0.3) is 24.2 Å². The van der Waals surface area contributed by atoms with Gasteiger partial charge in [0.2, 0.25) is 17.1 Å². The monoisotopic (exact) mass is 1630 g/mol. The molecule has 25 aromatic rings. The third kappa shape index (κ3) is 12.4. The van der Waals surface area contributed by atoms with E-state index in [2.05, 4.69) is 274 Å². The summed E-state index contributed by atoms with van der Waals surface area (Å²) < 4.78 is 59.8. The van der Waals surface area contributed by atoms with E-state index in [-0.39, 0.29) is 0 Å². The lowest BCUT2D eigenvalue weighted by molar-refractivity contribution is -0.663. The largest absolute Gasteiger partial charge is 0.454 e. The Hall–Kier alpha value is -14.2. The first-order chi connectivity index (χ1) is 59.1. The lowest BCUT2D eigenvalue weighted by Crippen LogP contribution is -2.31. The van der Waals surface area contributed by atoms with Gasteiger partial charge in [0.1, 0.15) is 66.6 Å². The molecule has 0 amide bonds. The van der Waals surface area contributed by atoms with Crippen molar-refractivity contribution in [2.24, 2.45) is 35.2 Å². The molecule has 15 heterocycles. The highest BCUT2D eigenvalue weighted by atomic mass is 32.1. The minimum atomic E-state index is 0.578. The minimum absolute atomic E-state index is 0.578. The van der Waals surface area contributed by atoms with Crippen LogP contribution in [0.5, 0.6) is 0 Å². The Balaban J connectivity index is 0.0000000934. The van der Waals surface area contributed by atoms with E-state index in [1.165, 1.54) is 112 Å². The van der Waals surface area contributed by atoms with Gasteiger partial charge in [0.15, 0.2) is 51.5 Å². The molecule has 10 aromatic carbocycles. The Labute approximate surface area is 705 Å². The van der Waals surface area contributed by atoms with Crippen LogP contribution in [0, 0.1) is 41.5 Å². The summed E-state index contributed by atoms with van der Waals surface area (Å²) in [7, 11) is 10.3. The zero-order valence-electron chi connectivity index (χ0n) is 68.3. The van der Waals surface area contributed by atoms with Gasteiger partial charge in [0, 0.05) is 119 Å². The molecular weight excluding hydrogens is 1560 g/mol. The molecule has 0 aliphatic heterocycles. The van der Waals surface area contributed by atoms with Gasteiger partial charge in [0.05, 0.1) is 71.5 Å². The summed E-state index contributed by atoms with van der Waals surface area (Å²) in [5.74, 6) is 1.16. The molecule has 0 bridgehead atoms. The van der Waals surface area contributed by atoms with Crippen molar-refractivity contribution >= 4 is 194 Å². The number of aryl methyl sites for hydroxylation is 11. The van der Waals surface area contributed by atoms with Crippen molar-refractivity contribution in [2.45, 2.75) is 41.5 Å². The molecule has 0 atom stereocenters. The Morgan fingerprint density at radius 1 is 0.264 bits per heavy atom. The van der Waals surface area contributed by atoms with E-state index in [0.717, 1.165) is 127 Å². The van der Waals surface area contributed by atoms with Gasteiger partial charge in [-0.3, -0.25) is 0 Å². The van der Waals surface area contributed by atoms with Crippen LogP contribution in [0.1, 0.15) is 33.5 Å². The van der Waals surface area contributed by atoms with Gasteiger partial charge in [-0.05, 0) is 135 Å². The van der Waals surface area contributed by atoms with Crippen molar-refractivity contribution in [2.75, 3.05) is 0 Å². The molecule has 0 unspecified atom stereocenters. The highest BCUT2D eigenvalue weighted by Crippen LogP contribution is 2.50. The molecule has 0 N–H and O–H groups in total. The fraction of sp³-hybridized carbons (Fsp3) is 0.106. The number of fused-ring (bicyclic) bond motifs is 25. The fourth-order valence-corrected chi connectivity index (χ4v) is 21.3. The van der Waals surface area contributed by atoms with E-state index in [0.29, 0.717) is 11.6 Å². The summed E-state index contributed by atoms with van der Waals surface area (Å²) in [6.45, 7) is 12.7. The van der Waals surface area contributed by atoms with Gasteiger partial charge >= 0.3 is 0 Å². The number of rotatable bonds is 5. The number of hydrogen-bond donors (Lipinski definition) is 0. The van der Waals surface area contributed by atoms with Crippen molar-refractivity contribution in [1.82, 2.24) is 9.97 Å². The van der Waals surface area contributed by atoms with E-state index < -0.39 is 0 Å². The number of para-hydroxylation sites is 4. The number of nitrogens with zero attached hydrogens (tertiary/aromatic N) is 7. The van der Waals surface area contributed by atoms with Crippen LogP contribution >= 0.6 is 34.0 Å². The lowest BCUT2D eigenvalue weighted by atomic mass is 10.0. The maximum absolute atomic E-state index is 6.42. The van der Waals surface area contributed by atoms with Gasteiger partial charge in [-0.25, -0.2) is 22.8 Å². The SMILES string of the molecule is Cc1cc(-c2c(C)ccc3c2oc2oc4ccccc4c23)[n+](C)cn1.Cc1ccc2c(oc3c4ccccc4sc23)c1-c1cccc[n+]1C.Cc1ccc2c(oc3oc4ccccc4c32)c1-c1ccnc[n+]1C.Cc1ccc2c(sc3c4ccccc4oc23)c1-c1cccc[n+]1C.Cc1ccc2c(sc3oc4ccccc4c32)c1-c1cccc[n+]1C. The molecule has 586 valence electrons. The summed E-state index contributed by atoms with van der Waals surface area (Å²) in [6.07, 6.45) is 11.7. The lowest BCUT2D eigenvalue weighted by Gasteiger charge is -2.07. The van der Waals surface area contributed by atoms with Crippen LogP contribution in [-0.2, 0) is 35.2 Å². The average Bonchev–Trinajstić information content (AvgIpc) is 1.61. The number of pyridine rings is 3. The van der Waals surface area contributed by atoms with E-state index in [9.17, 15) is 0 Å². The van der Waals surface area contributed by atoms with Crippen LogP contribution in [0.15, 0.2) is 317 Å². The van der Waals surface area contributed by atoms with E-state index >= 15 is 0 Å². The number of aromatic nitrogens is 7. The molecular formula is C104H80N7O7S3+5. The second-order valence-corrected chi connectivity index (χ2v) is 34.2. The second kappa shape index (κ2) is 29.7. The first-order valence-corrected chi connectivity index (χ1v) is 42.7. The highest BCUT2D eigenvalue weighted by Gasteiger charge is 2.29. The van der Waals surface area contributed by atoms with Gasteiger partial charge in [-0.2, -0.15) is 0 Å². The van der Waals surface area contributed by atoms with Crippen LogP contribution < -0.4 is 22.8 Å². The molecule has 0 fully saturated rings. The summed E-state index contributed by atoms with van der Waals surface area (Å²) in [5, 5.41) is 14.9. The van der Waals surface area contributed by atoms with E-state index in [1.807, 2.05) is 132 Å². The predicted molar refractivity (Wildman–Crippen MR) is 491 cm³/mol. The van der Waals surface area contributed by atoms with Crippen molar-refractivity contribution in [3.05, 3.63) is 320 Å². The quantitative estimate of drug-likeness (QED) is 0.154. The van der Waals surface area contributed by atoms with Crippen molar-refractivity contribution in [1.29, 1.82) is 0 Å². The molecule has 0 radical (unpaired) electrons. The summed E-state index contributed by atoms with van der Waals surface area (Å²) in [5.41, 5.74) is 27.2. The summed E-state index contributed by atoms with van der Waals surface area (Å²) in [6, 6.07) is 85.9. The molecule has 17 heteroatoms. The standard InChI is InChI=1S/C21H17N2O2.3C21H16NOS.C20H15N2O2/c1-12-8-9-15-19-14-6-4-5-7-17(14)24-21(19)25-20(15)18(12)16-10-13(2)22-11-23(16)3;1-13-10-11-15-19-21(14-7-3-4-9-17(14)23-19)24-20(15)18(13)16-8-5-6-12-22(16)2;1-13-10-11-15-19(18(13)16-8-5-6-12-22(16)2)23-20-14-7-3-4-9-17(14)24-21(15)20;1-13-10-11-15-19-14-7-3-4-9-17(14)23-21(19)24-20(15)18(13)16-8-5-6-12-22(16)2;1-12-7-8-14-18-13-5-3-4-6-16(13)23-20(18)24-19(14)17(12)15-9-10-21-11-22(15)2/h4-11H,1-3H3;3*3-12H,1-2H3;3-11H,1-2H3/q5*+1. The molecule has 0 aliphatic carbocycles. The molecule has 0 saturated carbocycles. The first kappa shape index (κ1) is 74.3. The molecule has 121 heavy (non-hydrogen) atoms. The first-order valence-electron chi connectivity index (χ1n) is 40.2. The maximum atomic E-state index is 6.42. The van der Waals surface area contributed by atoms with Crippen LogP contribution in [-0.4, -0.2) is 9.97 Å². The van der Waals surface area contributed by atoms with Crippen molar-refractivity contribution < 1.29 is 53.8 Å². The minimum Gasteiger partial charge on any atom is -0.454 e. The predicted octanol–water partition coefficient (Wildman–Crippen LogP) is 26.2. The van der Waals surface area contributed by atoms with Crippen LogP contribution in [0.2, 0.25) is 0 Å². The number of thiophene rings is 3. The third-order valence-electron chi connectivity index (χ3n) is 23.5. The summed E-state index contributed by atoms with van der Waals surface area (Å²) in [4.78, 5) is 9.54. The zero-order valence-corrected chi connectivity index (χ0v) is 70.8. The van der Waals surface area contributed by atoms with Crippen LogP contribution in [0.4, 0.5) is 0 Å². The Morgan fingerprint density at radius 2 is 0.661 bits per heavy atom. The topological polar surface area (TPSA) is 137 Å². The second-order valence-electron chi connectivity index (χ2n) is 31.2. The van der Waals surface area contributed by atoms with Crippen LogP contribution in [0.25, 0.3) is 217 Å². The molecule has 14 nitrogen and oxygen atoms in total. The Bertz CT molecular complexity index is 7960. The number of furan rings is 7. The maximum Gasteiger partial charge on any atom is 0.299 e. The van der Waals surface area contributed by atoms with Gasteiger partial charge < -0.3 is 30.9 Å². The van der Waals surface area contributed by atoms with Gasteiger partial charge in [-0.1, -0.05) is 149 Å². The van der Waals surface area contributed by atoms with Crippen molar-refractivity contribution in [3.8, 4) is 56.3 Å². The zero-order chi connectivity index (χ0) is 82.2. The number of hydrogen-bond acceptors (Lipinski definition) is 12. The molecule has 0 spiro atoms. The molecule has 25 rings (SSSR count). The Kier molecular flexibility index (Phi) is 18.2. The number of benzene rings is 10. The van der Waals surface area contributed by atoms with Gasteiger partial charge in [-0.15, -0.1) is 22.7 Å². The van der Waals surface area contributed by atoms with Crippen LogP contribution in [0.3, 0.4) is 0 Å². The van der Waals surface area contributed by atoms with E-state index in [4.69, 9.17) is 30.9 Å². The highest BCUT2D eigenvalue weighted by molar-refractivity contribution is 7.27. The van der Waals surface area contributed by atoms with E-state index in [1.54, 1.807) is 23.9 Å². The molecule has 0 aliphatic rings. The van der Waals surface area contributed by atoms with Crippen molar-refractivity contribution in [3.63, 3.8) is 0 Å². The summed E-state index contributed by atoms with van der Waals surface area (Å²) >= 11 is 5.40. The Morgan fingerprint density at radius 3 is 1.21 bits per heavy atom. The molecule has 0 saturated heterocycles. The normalized spacial score (nSPS) is 11.8. The average molecular weight is 1640 g/mol.